The van der Waals surface area contributed by atoms with Crippen molar-refractivity contribution in [1.29, 1.82) is 5.26 Å². The molecule has 14 heavy (non-hydrogen) atoms. The van der Waals surface area contributed by atoms with Crippen LogP contribution in [-0.2, 0) is 4.79 Å². The zero-order valence-electron chi connectivity index (χ0n) is 6.94. The molecule has 0 fully saturated rings. The van der Waals surface area contributed by atoms with Gasteiger partial charge in [-0.3, -0.25) is 0 Å². The monoisotopic (exact) mass is 211 g/mol. The number of aliphatic carboxylic acids is 1. The fraction of sp³-hybridized carbons (Fsp3) is 0.111. The zero-order valence-corrected chi connectivity index (χ0v) is 7.69. The molecule has 0 bridgehead atoms. The maximum Gasteiger partial charge on any atom is 0.337 e. The lowest BCUT2D eigenvalue weighted by Crippen LogP contribution is -2.10. The first-order chi connectivity index (χ1) is 6.54. The van der Waals surface area contributed by atoms with Gasteiger partial charge in [0.15, 0.2) is 6.10 Å². The molecule has 1 rings (SSSR count). The maximum absolute atomic E-state index is 10.4. The standard InChI is InChI=1S/C9H6ClNO3/c10-7-2-5(4-11)1-6(3-7)8(12)9(13)14/h1-3,8,12H,(H,13,14). The molecular weight excluding hydrogens is 206 g/mol. The molecule has 0 amide bonds. The van der Waals surface area contributed by atoms with Crippen molar-refractivity contribution in [3.8, 4) is 6.07 Å². The first-order valence-corrected chi connectivity index (χ1v) is 4.04. The Morgan fingerprint density at radius 3 is 2.64 bits per heavy atom. The Hall–Kier alpha value is -1.57. The number of rotatable bonds is 2. The van der Waals surface area contributed by atoms with Crippen molar-refractivity contribution < 1.29 is 15.0 Å². The summed E-state index contributed by atoms with van der Waals surface area (Å²) in [6.45, 7) is 0. The molecule has 0 aliphatic rings. The predicted octanol–water partition coefficient (Wildman–Crippen LogP) is 1.33. The number of aliphatic hydroxyl groups excluding tert-OH is 1. The van der Waals surface area contributed by atoms with Gasteiger partial charge < -0.3 is 10.2 Å². The number of halogens is 1. The van der Waals surface area contributed by atoms with Crippen LogP contribution in [0.4, 0.5) is 0 Å². The van der Waals surface area contributed by atoms with Crippen LogP contribution in [0, 0.1) is 11.3 Å². The van der Waals surface area contributed by atoms with Gasteiger partial charge in [-0.1, -0.05) is 11.6 Å². The van der Waals surface area contributed by atoms with Gasteiger partial charge in [0.25, 0.3) is 0 Å². The molecule has 0 heterocycles. The van der Waals surface area contributed by atoms with E-state index in [4.69, 9.17) is 22.0 Å². The van der Waals surface area contributed by atoms with E-state index < -0.39 is 12.1 Å². The quantitative estimate of drug-likeness (QED) is 0.773. The van der Waals surface area contributed by atoms with Crippen molar-refractivity contribution in [1.82, 2.24) is 0 Å². The topological polar surface area (TPSA) is 81.3 Å². The van der Waals surface area contributed by atoms with Crippen LogP contribution in [0.3, 0.4) is 0 Å². The summed E-state index contributed by atoms with van der Waals surface area (Å²) in [4.78, 5) is 10.4. The maximum atomic E-state index is 10.4. The number of nitrogens with zero attached hydrogens (tertiary/aromatic N) is 1. The Balaban J connectivity index is 3.17. The fourth-order valence-electron chi connectivity index (χ4n) is 0.977. The lowest BCUT2D eigenvalue weighted by atomic mass is 10.1. The average Bonchev–Trinajstić information content (AvgIpc) is 2.15. The number of hydrogen-bond acceptors (Lipinski definition) is 3. The van der Waals surface area contributed by atoms with Gasteiger partial charge in [0, 0.05) is 5.02 Å². The molecule has 1 atom stereocenters. The van der Waals surface area contributed by atoms with E-state index in [0.717, 1.165) is 0 Å². The van der Waals surface area contributed by atoms with Crippen LogP contribution >= 0.6 is 11.6 Å². The lowest BCUT2D eigenvalue weighted by molar-refractivity contribution is -0.146. The van der Waals surface area contributed by atoms with Crippen molar-refractivity contribution in [3.63, 3.8) is 0 Å². The molecule has 0 aliphatic heterocycles. The van der Waals surface area contributed by atoms with Crippen molar-refractivity contribution in [3.05, 3.63) is 34.3 Å². The van der Waals surface area contributed by atoms with Crippen LogP contribution in [0.1, 0.15) is 17.2 Å². The Morgan fingerprint density at radius 2 is 2.14 bits per heavy atom. The first-order valence-electron chi connectivity index (χ1n) is 3.66. The van der Waals surface area contributed by atoms with Gasteiger partial charge in [-0.15, -0.1) is 0 Å². The van der Waals surface area contributed by atoms with Crippen molar-refractivity contribution >= 4 is 17.6 Å². The highest BCUT2D eigenvalue weighted by molar-refractivity contribution is 6.30. The van der Waals surface area contributed by atoms with Crippen LogP contribution in [0.15, 0.2) is 18.2 Å². The van der Waals surface area contributed by atoms with Gasteiger partial charge >= 0.3 is 5.97 Å². The summed E-state index contributed by atoms with van der Waals surface area (Å²) < 4.78 is 0. The molecule has 0 radical (unpaired) electrons. The van der Waals surface area contributed by atoms with Crippen molar-refractivity contribution in [2.45, 2.75) is 6.10 Å². The molecule has 1 unspecified atom stereocenters. The lowest BCUT2D eigenvalue weighted by Gasteiger charge is -2.06. The average molecular weight is 212 g/mol. The van der Waals surface area contributed by atoms with E-state index in [0.29, 0.717) is 0 Å². The Morgan fingerprint density at radius 1 is 1.50 bits per heavy atom. The number of nitriles is 1. The minimum Gasteiger partial charge on any atom is -0.479 e. The molecule has 2 N–H and O–H groups in total. The molecule has 4 nitrogen and oxygen atoms in total. The smallest absolute Gasteiger partial charge is 0.337 e. The first kappa shape index (κ1) is 10.5. The normalized spacial score (nSPS) is 11.8. The summed E-state index contributed by atoms with van der Waals surface area (Å²) in [5.74, 6) is -1.38. The summed E-state index contributed by atoms with van der Waals surface area (Å²) in [6.07, 6.45) is -1.65. The fourth-order valence-corrected chi connectivity index (χ4v) is 1.22. The number of carboxylic acids is 1. The molecule has 0 saturated carbocycles. The van der Waals surface area contributed by atoms with Crippen molar-refractivity contribution in [2.75, 3.05) is 0 Å². The van der Waals surface area contributed by atoms with E-state index in [1.54, 1.807) is 0 Å². The third-order valence-electron chi connectivity index (χ3n) is 1.60. The number of benzene rings is 1. The summed E-state index contributed by atoms with van der Waals surface area (Å²) in [6, 6.07) is 5.79. The number of aliphatic hydroxyl groups is 1. The summed E-state index contributed by atoms with van der Waals surface area (Å²) in [5.41, 5.74) is 0.314. The zero-order chi connectivity index (χ0) is 10.7. The third-order valence-corrected chi connectivity index (χ3v) is 1.82. The van der Waals surface area contributed by atoms with Crippen LogP contribution < -0.4 is 0 Å². The summed E-state index contributed by atoms with van der Waals surface area (Å²) in [5, 5.41) is 26.5. The number of carbonyl (C=O) groups is 1. The van der Waals surface area contributed by atoms with Gasteiger partial charge in [-0.05, 0) is 23.8 Å². The SMILES string of the molecule is N#Cc1cc(Cl)cc(C(O)C(=O)O)c1. The van der Waals surface area contributed by atoms with Crippen LogP contribution in [0.2, 0.25) is 5.02 Å². The molecule has 1 aromatic carbocycles. The summed E-state index contributed by atoms with van der Waals surface area (Å²) >= 11 is 5.62. The molecule has 1 aromatic rings. The summed E-state index contributed by atoms with van der Waals surface area (Å²) in [7, 11) is 0. The van der Waals surface area contributed by atoms with Gasteiger partial charge in [-0.2, -0.15) is 5.26 Å². The number of carboxylic acid groups (broad SMARTS) is 1. The second-order valence-electron chi connectivity index (χ2n) is 2.63. The van der Waals surface area contributed by atoms with E-state index >= 15 is 0 Å². The molecule has 72 valence electrons. The molecule has 0 aromatic heterocycles. The van der Waals surface area contributed by atoms with Gasteiger partial charge in [0.2, 0.25) is 0 Å². The van der Waals surface area contributed by atoms with Crippen LogP contribution in [-0.4, -0.2) is 16.2 Å². The van der Waals surface area contributed by atoms with Crippen LogP contribution in [0.25, 0.3) is 0 Å². The second-order valence-corrected chi connectivity index (χ2v) is 3.06. The van der Waals surface area contributed by atoms with Gasteiger partial charge in [-0.25, -0.2) is 4.79 Å². The minimum absolute atomic E-state index is 0.0987. The van der Waals surface area contributed by atoms with Gasteiger partial charge in [0.1, 0.15) is 0 Å². The highest BCUT2D eigenvalue weighted by Gasteiger charge is 2.16. The molecule has 5 heteroatoms. The van der Waals surface area contributed by atoms with E-state index in [2.05, 4.69) is 0 Å². The minimum atomic E-state index is -1.65. The van der Waals surface area contributed by atoms with E-state index in [-0.39, 0.29) is 16.1 Å². The molecular formula is C9H6ClNO3. The highest BCUT2D eigenvalue weighted by atomic mass is 35.5. The molecule has 0 spiro atoms. The van der Waals surface area contributed by atoms with Crippen molar-refractivity contribution in [2.24, 2.45) is 0 Å². The molecule has 0 aliphatic carbocycles. The molecule has 0 saturated heterocycles. The van der Waals surface area contributed by atoms with Gasteiger partial charge in [0.05, 0.1) is 11.6 Å². The number of hydrogen-bond donors (Lipinski definition) is 2. The Bertz CT molecular complexity index is 411. The van der Waals surface area contributed by atoms with E-state index in [1.807, 2.05) is 6.07 Å². The van der Waals surface area contributed by atoms with Crippen LogP contribution in [0.5, 0.6) is 0 Å². The Kier molecular flexibility index (Phi) is 3.07. The second kappa shape index (κ2) is 4.09. The Labute approximate surface area is 85.0 Å². The largest absolute Gasteiger partial charge is 0.479 e. The highest BCUT2D eigenvalue weighted by Crippen LogP contribution is 2.20. The van der Waals surface area contributed by atoms with E-state index in [9.17, 15) is 9.90 Å². The third kappa shape index (κ3) is 2.22. The predicted molar refractivity (Wildman–Crippen MR) is 48.8 cm³/mol. The van der Waals surface area contributed by atoms with E-state index in [1.165, 1.54) is 18.2 Å².